The van der Waals surface area contributed by atoms with Crippen molar-refractivity contribution in [3.05, 3.63) is 71.3 Å². The lowest BCUT2D eigenvalue weighted by Crippen LogP contribution is -2.41. The summed E-state index contributed by atoms with van der Waals surface area (Å²) in [5, 5.41) is 0. The molecule has 0 N–H and O–H groups in total. The van der Waals surface area contributed by atoms with E-state index in [0.29, 0.717) is 6.61 Å². The highest BCUT2D eigenvalue weighted by atomic mass is 16.5. The van der Waals surface area contributed by atoms with Crippen molar-refractivity contribution in [1.82, 2.24) is 0 Å². The molecule has 1 fully saturated rings. The zero-order valence-corrected chi connectivity index (χ0v) is 15.7. The molecule has 1 aliphatic carbocycles. The highest BCUT2D eigenvalue weighted by Gasteiger charge is 2.50. The van der Waals surface area contributed by atoms with Gasteiger partial charge >= 0.3 is 5.97 Å². The Morgan fingerprint density at radius 1 is 1.08 bits per heavy atom. The highest BCUT2D eigenvalue weighted by Crippen LogP contribution is 2.45. The number of benzene rings is 2. The van der Waals surface area contributed by atoms with Gasteiger partial charge in [-0.1, -0.05) is 60.2 Å². The van der Waals surface area contributed by atoms with E-state index in [4.69, 9.17) is 9.47 Å². The SMILES string of the molecule is COC(=O)C1(CCc2ccccc2)CCCC1OCc1ccc(C)cc1. The lowest BCUT2D eigenvalue weighted by Gasteiger charge is -2.33. The Bertz CT molecular complexity index is 708. The van der Waals surface area contributed by atoms with Crippen LogP contribution in [0.1, 0.15) is 42.4 Å². The summed E-state index contributed by atoms with van der Waals surface area (Å²) in [4.78, 5) is 12.7. The maximum Gasteiger partial charge on any atom is 0.314 e. The van der Waals surface area contributed by atoms with Crippen LogP contribution < -0.4 is 0 Å². The number of methoxy groups -OCH3 is 1. The number of esters is 1. The monoisotopic (exact) mass is 352 g/mol. The van der Waals surface area contributed by atoms with Crippen LogP contribution in [-0.2, 0) is 27.3 Å². The summed E-state index contributed by atoms with van der Waals surface area (Å²) in [5.74, 6) is -0.125. The molecule has 26 heavy (non-hydrogen) atoms. The maximum absolute atomic E-state index is 12.7. The minimum Gasteiger partial charge on any atom is -0.469 e. The van der Waals surface area contributed by atoms with Gasteiger partial charge in [0.15, 0.2) is 0 Å². The molecule has 0 heterocycles. The molecule has 0 aliphatic heterocycles. The van der Waals surface area contributed by atoms with E-state index in [0.717, 1.165) is 37.7 Å². The third kappa shape index (κ3) is 4.16. The summed E-state index contributed by atoms with van der Waals surface area (Å²) in [7, 11) is 1.49. The number of hydrogen-bond donors (Lipinski definition) is 0. The maximum atomic E-state index is 12.7. The van der Waals surface area contributed by atoms with Gasteiger partial charge < -0.3 is 9.47 Å². The summed E-state index contributed by atoms with van der Waals surface area (Å²) in [6.45, 7) is 2.61. The van der Waals surface area contributed by atoms with Gasteiger partial charge in [0, 0.05) is 0 Å². The van der Waals surface area contributed by atoms with E-state index in [-0.39, 0.29) is 12.1 Å². The van der Waals surface area contributed by atoms with Crippen molar-refractivity contribution in [2.75, 3.05) is 7.11 Å². The first-order valence-electron chi connectivity index (χ1n) is 9.43. The molecule has 2 unspecified atom stereocenters. The van der Waals surface area contributed by atoms with Crippen molar-refractivity contribution in [2.24, 2.45) is 5.41 Å². The third-order valence-corrected chi connectivity index (χ3v) is 5.57. The van der Waals surface area contributed by atoms with Crippen LogP contribution in [0.4, 0.5) is 0 Å². The molecule has 0 saturated heterocycles. The largest absolute Gasteiger partial charge is 0.469 e. The summed E-state index contributed by atoms with van der Waals surface area (Å²) < 4.78 is 11.5. The van der Waals surface area contributed by atoms with Gasteiger partial charge in [0.25, 0.3) is 0 Å². The van der Waals surface area contributed by atoms with E-state index in [1.165, 1.54) is 18.2 Å². The van der Waals surface area contributed by atoms with Crippen LogP contribution in [0, 0.1) is 12.3 Å². The van der Waals surface area contributed by atoms with E-state index in [2.05, 4.69) is 43.3 Å². The topological polar surface area (TPSA) is 35.5 Å². The molecule has 3 heteroatoms. The number of carbonyl (C=O) groups excluding carboxylic acids is 1. The predicted octanol–water partition coefficient (Wildman–Crippen LogP) is 4.86. The van der Waals surface area contributed by atoms with Crippen molar-refractivity contribution < 1.29 is 14.3 Å². The van der Waals surface area contributed by atoms with Crippen LogP contribution in [0.2, 0.25) is 0 Å². The van der Waals surface area contributed by atoms with Crippen LogP contribution in [0.15, 0.2) is 54.6 Å². The first-order valence-corrected chi connectivity index (χ1v) is 9.43. The molecule has 0 amide bonds. The standard InChI is InChI=1S/C23H28O3/c1-18-10-12-20(13-11-18)17-26-21-9-6-15-23(21,22(24)25-2)16-14-19-7-4-3-5-8-19/h3-5,7-8,10-13,21H,6,9,14-17H2,1-2H3. The van der Waals surface area contributed by atoms with E-state index in [1.54, 1.807) is 0 Å². The number of hydrogen-bond acceptors (Lipinski definition) is 3. The zero-order chi connectivity index (χ0) is 18.4. The Morgan fingerprint density at radius 2 is 1.81 bits per heavy atom. The molecule has 3 rings (SSSR count). The van der Waals surface area contributed by atoms with Crippen molar-refractivity contribution in [3.63, 3.8) is 0 Å². The first kappa shape index (κ1) is 18.7. The zero-order valence-electron chi connectivity index (χ0n) is 15.7. The quantitative estimate of drug-likeness (QED) is 0.668. The van der Waals surface area contributed by atoms with E-state index in [9.17, 15) is 4.79 Å². The molecule has 1 saturated carbocycles. The second kappa shape index (κ2) is 8.50. The smallest absolute Gasteiger partial charge is 0.314 e. The summed E-state index contributed by atoms with van der Waals surface area (Å²) in [6, 6.07) is 18.7. The first-order chi connectivity index (χ1) is 12.6. The van der Waals surface area contributed by atoms with E-state index in [1.807, 2.05) is 18.2 Å². The van der Waals surface area contributed by atoms with Crippen LogP contribution in [0.3, 0.4) is 0 Å². The Kier molecular flexibility index (Phi) is 6.10. The summed E-state index contributed by atoms with van der Waals surface area (Å²) in [5.41, 5.74) is 3.10. The van der Waals surface area contributed by atoms with Gasteiger partial charge in [-0.25, -0.2) is 0 Å². The van der Waals surface area contributed by atoms with Crippen LogP contribution in [-0.4, -0.2) is 19.2 Å². The number of carbonyl (C=O) groups is 1. The summed E-state index contributed by atoms with van der Waals surface area (Å²) in [6.07, 6.45) is 4.30. The molecule has 2 atom stereocenters. The second-order valence-corrected chi connectivity index (χ2v) is 7.31. The van der Waals surface area contributed by atoms with Crippen molar-refractivity contribution >= 4 is 5.97 Å². The van der Waals surface area contributed by atoms with Crippen molar-refractivity contribution in [1.29, 1.82) is 0 Å². The molecule has 0 aromatic heterocycles. The molecule has 0 radical (unpaired) electrons. The predicted molar refractivity (Wildman–Crippen MR) is 103 cm³/mol. The number of aryl methyl sites for hydroxylation is 2. The average Bonchev–Trinajstić information content (AvgIpc) is 3.10. The minimum atomic E-state index is -0.532. The average molecular weight is 352 g/mol. The molecule has 2 aromatic carbocycles. The molecule has 0 spiro atoms. The molecule has 3 nitrogen and oxygen atoms in total. The van der Waals surface area contributed by atoms with Crippen molar-refractivity contribution in [2.45, 2.75) is 51.7 Å². The van der Waals surface area contributed by atoms with Gasteiger partial charge in [0.2, 0.25) is 0 Å². The van der Waals surface area contributed by atoms with Gasteiger partial charge in [-0.15, -0.1) is 0 Å². The second-order valence-electron chi connectivity index (χ2n) is 7.31. The number of ether oxygens (including phenoxy) is 2. The molecule has 0 bridgehead atoms. The molecule has 2 aromatic rings. The van der Waals surface area contributed by atoms with Gasteiger partial charge in [0.1, 0.15) is 0 Å². The molecule has 1 aliphatic rings. The van der Waals surface area contributed by atoms with Gasteiger partial charge in [-0.05, 0) is 50.2 Å². The fraction of sp³-hybridized carbons (Fsp3) is 0.435. The Labute approximate surface area is 156 Å². The van der Waals surface area contributed by atoms with Gasteiger partial charge in [0.05, 0.1) is 25.2 Å². The van der Waals surface area contributed by atoms with E-state index < -0.39 is 5.41 Å². The number of rotatable bonds is 7. The van der Waals surface area contributed by atoms with Crippen LogP contribution in [0.5, 0.6) is 0 Å². The highest BCUT2D eigenvalue weighted by molar-refractivity contribution is 5.78. The van der Waals surface area contributed by atoms with Gasteiger partial charge in [-0.3, -0.25) is 4.79 Å². The van der Waals surface area contributed by atoms with Crippen LogP contribution in [0.25, 0.3) is 0 Å². The fourth-order valence-electron chi connectivity index (χ4n) is 4.00. The Hall–Kier alpha value is -2.13. The molecular formula is C23H28O3. The van der Waals surface area contributed by atoms with Crippen molar-refractivity contribution in [3.8, 4) is 0 Å². The van der Waals surface area contributed by atoms with Gasteiger partial charge in [-0.2, -0.15) is 0 Å². The fourth-order valence-corrected chi connectivity index (χ4v) is 4.00. The lowest BCUT2D eigenvalue weighted by atomic mass is 9.78. The molecular weight excluding hydrogens is 324 g/mol. The normalized spacial score (nSPS) is 22.3. The minimum absolute atomic E-state index is 0.0834. The molecule has 138 valence electrons. The summed E-state index contributed by atoms with van der Waals surface area (Å²) >= 11 is 0. The Balaban J connectivity index is 1.71. The van der Waals surface area contributed by atoms with Crippen LogP contribution >= 0.6 is 0 Å². The third-order valence-electron chi connectivity index (χ3n) is 5.57. The van der Waals surface area contributed by atoms with E-state index >= 15 is 0 Å². The lowest BCUT2D eigenvalue weighted by molar-refractivity contribution is -0.162. The Morgan fingerprint density at radius 3 is 2.50 bits per heavy atom.